The number of guanidine groups is 1. The van der Waals surface area contributed by atoms with Gasteiger partial charge in [0.05, 0.1) is 13.7 Å². The second-order valence-corrected chi connectivity index (χ2v) is 6.90. The number of rotatable bonds is 10. The molecule has 168 valence electrons. The minimum Gasteiger partial charge on any atom is -0.496 e. The van der Waals surface area contributed by atoms with Crippen molar-refractivity contribution in [1.82, 2.24) is 15.6 Å². The Morgan fingerprint density at radius 1 is 0.938 bits per heavy atom. The Kier molecular flexibility index (Phi) is 8.74. The van der Waals surface area contributed by atoms with E-state index in [1.165, 1.54) is 0 Å². The molecule has 32 heavy (non-hydrogen) atoms. The van der Waals surface area contributed by atoms with Gasteiger partial charge in [-0.3, -0.25) is 4.99 Å². The SMILES string of the molecule is CCOc1ccccc1Oc1ccc(CNC(=NC)NCCc2ccccc2OC)cn1. The first-order valence-electron chi connectivity index (χ1n) is 10.6. The van der Waals surface area contributed by atoms with Gasteiger partial charge >= 0.3 is 0 Å². The Morgan fingerprint density at radius 3 is 2.38 bits per heavy atom. The third kappa shape index (κ3) is 6.63. The first-order valence-corrected chi connectivity index (χ1v) is 10.6. The molecule has 0 spiro atoms. The Hall–Kier alpha value is -3.74. The topological polar surface area (TPSA) is 77.0 Å². The van der Waals surface area contributed by atoms with E-state index in [1.807, 2.05) is 61.5 Å². The van der Waals surface area contributed by atoms with Gasteiger partial charge in [0.2, 0.25) is 5.88 Å². The highest BCUT2D eigenvalue weighted by Gasteiger charge is 2.07. The summed E-state index contributed by atoms with van der Waals surface area (Å²) < 4.78 is 16.9. The number of para-hydroxylation sites is 3. The highest BCUT2D eigenvalue weighted by molar-refractivity contribution is 5.79. The molecule has 0 saturated heterocycles. The zero-order valence-corrected chi connectivity index (χ0v) is 18.8. The maximum absolute atomic E-state index is 5.88. The fourth-order valence-electron chi connectivity index (χ4n) is 3.13. The van der Waals surface area contributed by atoms with Crippen molar-refractivity contribution in [2.24, 2.45) is 4.99 Å². The Morgan fingerprint density at radius 2 is 1.69 bits per heavy atom. The average Bonchev–Trinajstić information content (AvgIpc) is 2.84. The molecule has 3 aromatic rings. The summed E-state index contributed by atoms with van der Waals surface area (Å²) in [4.78, 5) is 8.69. The number of hydrogen-bond acceptors (Lipinski definition) is 5. The second-order valence-electron chi connectivity index (χ2n) is 6.90. The number of nitrogens with zero attached hydrogens (tertiary/aromatic N) is 2. The van der Waals surface area contributed by atoms with Crippen LogP contribution in [0, 0.1) is 0 Å². The minimum absolute atomic E-state index is 0.514. The lowest BCUT2D eigenvalue weighted by Gasteiger charge is -2.13. The van der Waals surface area contributed by atoms with Crippen LogP contribution in [0.4, 0.5) is 0 Å². The van der Waals surface area contributed by atoms with Crippen molar-refractivity contribution in [2.75, 3.05) is 27.3 Å². The third-order valence-corrected chi connectivity index (χ3v) is 4.72. The number of aliphatic imine (C=N–C) groups is 1. The standard InChI is InChI=1S/C25H30N4O3/c1-4-31-22-11-7-8-12-23(22)32-24-14-13-19(17-28-24)18-29-25(26-2)27-16-15-20-9-5-6-10-21(20)30-3/h5-14,17H,4,15-16,18H2,1-3H3,(H2,26,27,29). The molecule has 0 fully saturated rings. The van der Waals surface area contributed by atoms with Crippen molar-refractivity contribution >= 4 is 5.96 Å². The van der Waals surface area contributed by atoms with Crippen LogP contribution in [0.3, 0.4) is 0 Å². The van der Waals surface area contributed by atoms with Gasteiger partial charge in [-0.1, -0.05) is 36.4 Å². The van der Waals surface area contributed by atoms with E-state index in [1.54, 1.807) is 20.4 Å². The summed E-state index contributed by atoms with van der Waals surface area (Å²) in [7, 11) is 3.44. The average molecular weight is 435 g/mol. The van der Waals surface area contributed by atoms with Crippen molar-refractivity contribution in [1.29, 1.82) is 0 Å². The fraction of sp³-hybridized carbons (Fsp3) is 0.280. The van der Waals surface area contributed by atoms with Gasteiger partial charge in [0.15, 0.2) is 17.5 Å². The number of aromatic nitrogens is 1. The van der Waals surface area contributed by atoms with Gasteiger partial charge in [-0.25, -0.2) is 4.98 Å². The van der Waals surface area contributed by atoms with Gasteiger partial charge in [-0.2, -0.15) is 0 Å². The third-order valence-electron chi connectivity index (χ3n) is 4.72. The molecule has 2 aromatic carbocycles. The summed E-state index contributed by atoms with van der Waals surface area (Å²) in [6.45, 7) is 3.85. The van der Waals surface area contributed by atoms with Gasteiger partial charge in [0.1, 0.15) is 5.75 Å². The van der Waals surface area contributed by atoms with Crippen LogP contribution in [0.1, 0.15) is 18.1 Å². The minimum atomic E-state index is 0.514. The molecule has 0 bridgehead atoms. The van der Waals surface area contributed by atoms with Crippen LogP contribution in [-0.2, 0) is 13.0 Å². The molecule has 0 atom stereocenters. The van der Waals surface area contributed by atoms with Crippen molar-refractivity contribution < 1.29 is 14.2 Å². The molecule has 0 aliphatic carbocycles. The van der Waals surface area contributed by atoms with Crippen LogP contribution < -0.4 is 24.8 Å². The maximum atomic E-state index is 5.88. The van der Waals surface area contributed by atoms with E-state index in [2.05, 4.69) is 26.7 Å². The second kappa shape index (κ2) is 12.2. The molecular weight excluding hydrogens is 404 g/mol. The van der Waals surface area contributed by atoms with E-state index in [0.717, 1.165) is 35.8 Å². The largest absolute Gasteiger partial charge is 0.496 e. The molecule has 2 N–H and O–H groups in total. The highest BCUT2D eigenvalue weighted by Crippen LogP contribution is 2.30. The lowest BCUT2D eigenvalue weighted by atomic mass is 10.1. The molecule has 1 aromatic heterocycles. The number of nitrogens with one attached hydrogen (secondary N) is 2. The predicted octanol–water partition coefficient (Wildman–Crippen LogP) is 4.19. The quantitative estimate of drug-likeness (QED) is 0.368. The summed E-state index contributed by atoms with van der Waals surface area (Å²) in [5.74, 6) is 3.48. The molecule has 1 heterocycles. The van der Waals surface area contributed by atoms with Crippen LogP contribution in [-0.4, -0.2) is 38.3 Å². The number of ether oxygens (including phenoxy) is 3. The van der Waals surface area contributed by atoms with Gasteiger partial charge in [-0.05, 0) is 42.7 Å². The molecule has 7 heteroatoms. The lowest BCUT2D eigenvalue weighted by molar-refractivity contribution is 0.319. The Bertz CT molecular complexity index is 1010. The van der Waals surface area contributed by atoms with Crippen LogP contribution in [0.2, 0.25) is 0 Å². The van der Waals surface area contributed by atoms with Crippen molar-refractivity contribution in [3.63, 3.8) is 0 Å². The molecule has 0 aliphatic rings. The lowest BCUT2D eigenvalue weighted by Crippen LogP contribution is -2.37. The zero-order chi connectivity index (χ0) is 22.6. The van der Waals surface area contributed by atoms with Gasteiger partial charge in [0.25, 0.3) is 0 Å². The van der Waals surface area contributed by atoms with Crippen LogP contribution in [0.5, 0.6) is 23.1 Å². The van der Waals surface area contributed by atoms with E-state index in [9.17, 15) is 0 Å². The first kappa shape index (κ1) is 22.9. The number of benzene rings is 2. The van der Waals surface area contributed by atoms with Crippen LogP contribution in [0.25, 0.3) is 0 Å². The van der Waals surface area contributed by atoms with Gasteiger partial charge < -0.3 is 24.8 Å². The molecule has 0 aliphatic heterocycles. The van der Waals surface area contributed by atoms with E-state index in [-0.39, 0.29) is 0 Å². The molecule has 0 radical (unpaired) electrons. The molecule has 3 rings (SSSR count). The van der Waals surface area contributed by atoms with Crippen molar-refractivity contribution in [3.8, 4) is 23.1 Å². The predicted molar refractivity (Wildman–Crippen MR) is 127 cm³/mol. The summed E-state index contributed by atoms with van der Waals surface area (Å²) in [6, 6.07) is 19.4. The van der Waals surface area contributed by atoms with Gasteiger partial charge in [-0.15, -0.1) is 0 Å². The molecule has 7 nitrogen and oxygen atoms in total. The zero-order valence-electron chi connectivity index (χ0n) is 18.8. The Balaban J connectivity index is 1.48. The number of pyridine rings is 1. The smallest absolute Gasteiger partial charge is 0.219 e. The fourth-order valence-corrected chi connectivity index (χ4v) is 3.13. The molecule has 0 unspecified atom stereocenters. The molecule has 0 amide bonds. The highest BCUT2D eigenvalue weighted by atomic mass is 16.5. The maximum Gasteiger partial charge on any atom is 0.219 e. The normalized spacial score (nSPS) is 11.0. The Labute approximate surface area is 189 Å². The summed E-state index contributed by atoms with van der Waals surface area (Å²) in [5.41, 5.74) is 2.17. The summed E-state index contributed by atoms with van der Waals surface area (Å²) in [6.07, 6.45) is 2.62. The van der Waals surface area contributed by atoms with Crippen molar-refractivity contribution in [3.05, 3.63) is 78.0 Å². The van der Waals surface area contributed by atoms with E-state index < -0.39 is 0 Å². The van der Waals surface area contributed by atoms with E-state index >= 15 is 0 Å². The van der Waals surface area contributed by atoms with Crippen LogP contribution >= 0.6 is 0 Å². The number of methoxy groups -OCH3 is 1. The monoisotopic (exact) mass is 434 g/mol. The van der Waals surface area contributed by atoms with E-state index in [0.29, 0.717) is 30.5 Å². The summed E-state index contributed by atoms with van der Waals surface area (Å²) in [5, 5.41) is 6.63. The summed E-state index contributed by atoms with van der Waals surface area (Å²) >= 11 is 0. The van der Waals surface area contributed by atoms with Gasteiger partial charge in [0, 0.05) is 32.4 Å². The molecule has 0 saturated carbocycles. The van der Waals surface area contributed by atoms with E-state index in [4.69, 9.17) is 14.2 Å². The molecular formula is C25H30N4O3. The first-order chi connectivity index (χ1) is 15.7. The van der Waals surface area contributed by atoms with Crippen molar-refractivity contribution in [2.45, 2.75) is 19.9 Å². The number of hydrogen-bond donors (Lipinski definition) is 2. The van der Waals surface area contributed by atoms with Crippen LogP contribution in [0.15, 0.2) is 71.9 Å².